The van der Waals surface area contributed by atoms with Crippen molar-refractivity contribution < 1.29 is 37.6 Å². The maximum atomic E-state index is 12.5. The summed E-state index contributed by atoms with van der Waals surface area (Å²) in [5, 5.41) is 0. The number of allylic oxidation sites excluding steroid dienone is 2. The van der Waals surface area contributed by atoms with Crippen molar-refractivity contribution in [1.82, 2.24) is 0 Å². The van der Waals surface area contributed by atoms with Gasteiger partial charge in [-0.2, -0.15) is 0 Å². The summed E-state index contributed by atoms with van der Waals surface area (Å²) >= 11 is 0. The van der Waals surface area contributed by atoms with Gasteiger partial charge in [-0.05, 0) is 38.5 Å². The topological polar surface area (TPSA) is 108 Å². The molecule has 0 amide bonds. The third-order valence-corrected chi connectivity index (χ3v) is 10.7. The molecule has 1 N–H and O–H groups in total. The summed E-state index contributed by atoms with van der Waals surface area (Å²) in [6, 6.07) is 0. The Hall–Kier alpha value is -1.21. The first-order chi connectivity index (χ1) is 25.3. The summed E-state index contributed by atoms with van der Waals surface area (Å²) in [5.41, 5.74) is 0. The number of ether oxygens (including phenoxy) is 2. The Labute approximate surface area is 320 Å². The van der Waals surface area contributed by atoms with Gasteiger partial charge in [-0.25, -0.2) is 4.57 Å². The quantitative estimate of drug-likeness (QED) is 0.0284. The molecule has 0 aromatic carbocycles. The molecule has 0 aliphatic rings. The second kappa shape index (κ2) is 39.5. The Kier molecular flexibility index (Phi) is 38.6. The van der Waals surface area contributed by atoms with E-state index in [0.29, 0.717) is 12.8 Å². The molecule has 0 heterocycles. The zero-order chi connectivity index (χ0) is 38.2. The molecule has 0 rings (SSSR count). The molecule has 9 heteroatoms. The molecule has 0 saturated carbocycles. The fraction of sp³-hybridized carbons (Fsp3) is 0.907. The summed E-state index contributed by atoms with van der Waals surface area (Å²) in [4.78, 5) is 34.4. The number of hydrogen-bond acceptors (Lipinski definition) is 7. The first-order valence-electron chi connectivity index (χ1n) is 21.9. The van der Waals surface area contributed by atoms with E-state index >= 15 is 0 Å². The smallest absolute Gasteiger partial charge is 0.462 e. The molecular formula is C43H83O8P. The second-order valence-corrected chi connectivity index (χ2v) is 16.4. The Morgan fingerprint density at radius 3 is 1.29 bits per heavy atom. The highest BCUT2D eigenvalue weighted by atomic mass is 31.2. The monoisotopic (exact) mass is 759 g/mol. The molecule has 0 aliphatic carbocycles. The highest BCUT2D eigenvalue weighted by molar-refractivity contribution is 7.47. The van der Waals surface area contributed by atoms with Gasteiger partial charge in [0.1, 0.15) is 6.61 Å². The lowest BCUT2D eigenvalue weighted by Gasteiger charge is -2.19. The van der Waals surface area contributed by atoms with Crippen molar-refractivity contribution in [2.24, 2.45) is 0 Å². The van der Waals surface area contributed by atoms with E-state index < -0.39 is 26.5 Å². The minimum atomic E-state index is -4.26. The third-order valence-electron chi connectivity index (χ3n) is 9.76. The number of carbonyl (C=O) groups is 2. The maximum absolute atomic E-state index is 12.5. The van der Waals surface area contributed by atoms with Gasteiger partial charge in [-0.1, -0.05) is 187 Å². The van der Waals surface area contributed by atoms with E-state index in [1.165, 1.54) is 141 Å². The molecule has 0 aromatic heterocycles. The van der Waals surface area contributed by atoms with Crippen LogP contribution in [0.3, 0.4) is 0 Å². The average molecular weight is 759 g/mol. The molecule has 0 radical (unpaired) electrons. The zero-order valence-corrected chi connectivity index (χ0v) is 35.1. The van der Waals surface area contributed by atoms with Gasteiger partial charge in [0.15, 0.2) is 6.10 Å². The summed E-state index contributed by atoms with van der Waals surface area (Å²) in [6.07, 6.45) is 42.7. The van der Waals surface area contributed by atoms with Crippen LogP contribution in [0.25, 0.3) is 0 Å². The third kappa shape index (κ3) is 38.5. The summed E-state index contributed by atoms with van der Waals surface area (Å²) in [5.74, 6) is -0.803. The molecule has 52 heavy (non-hydrogen) atoms. The summed E-state index contributed by atoms with van der Waals surface area (Å²) < 4.78 is 32.0. The predicted octanol–water partition coefficient (Wildman–Crippen LogP) is 13.7. The van der Waals surface area contributed by atoms with Crippen molar-refractivity contribution in [3.63, 3.8) is 0 Å². The fourth-order valence-electron chi connectivity index (χ4n) is 6.36. The molecule has 0 aromatic rings. The van der Waals surface area contributed by atoms with E-state index in [9.17, 15) is 19.0 Å². The first-order valence-corrected chi connectivity index (χ1v) is 23.4. The number of esters is 2. The Bertz CT molecular complexity index is 864. The molecule has 0 bridgehead atoms. The molecule has 0 fully saturated rings. The minimum Gasteiger partial charge on any atom is -0.462 e. The van der Waals surface area contributed by atoms with E-state index in [2.05, 4.69) is 30.5 Å². The average Bonchev–Trinajstić information content (AvgIpc) is 3.13. The molecule has 0 aliphatic heterocycles. The second-order valence-electron chi connectivity index (χ2n) is 14.8. The highest BCUT2D eigenvalue weighted by Gasteiger charge is 2.24. The predicted molar refractivity (Wildman–Crippen MR) is 216 cm³/mol. The lowest BCUT2D eigenvalue weighted by Crippen LogP contribution is -2.29. The van der Waals surface area contributed by atoms with E-state index in [1.54, 1.807) is 0 Å². The van der Waals surface area contributed by atoms with Gasteiger partial charge >= 0.3 is 19.8 Å². The van der Waals surface area contributed by atoms with Crippen LogP contribution < -0.4 is 0 Å². The van der Waals surface area contributed by atoms with Gasteiger partial charge < -0.3 is 14.4 Å². The van der Waals surface area contributed by atoms with E-state index in [4.69, 9.17) is 14.0 Å². The van der Waals surface area contributed by atoms with Gasteiger partial charge in [0.2, 0.25) is 0 Å². The van der Waals surface area contributed by atoms with Crippen molar-refractivity contribution in [3.8, 4) is 0 Å². The van der Waals surface area contributed by atoms with Crippen LogP contribution in [0.2, 0.25) is 0 Å². The van der Waals surface area contributed by atoms with Crippen LogP contribution in [-0.2, 0) is 32.7 Å². The SMILES string of the molecule is CCCCC/C=C\CCCCCCCC(=O)OC(COC(=O)CCCCCCCCCCCCCCCCCCCCCCC)COP(=O)(O)OC. The lowest BCUT2D eigenvalue weighted by molar-refractivity contribution is -0.161. The van der Waals surface area contributed by atoms with Crippen LogP contribution >= 0.6 is 7.82 Å². The standard InChI is InChI=1S/C43H83O8P/c1-4-6-8-10-12-14-16-18-19-20-21-22-23-24-25-26-28-29-31-33-35-37-42(44)49-39-41(40-50-52(46,47)48-3)51-43(45)38-36-34-32-30-27-17-15-13-11-9-7-5-2/h13,15,41H,4-12,14,16-40H2,1-3H3,(H,46,47)/b15-13-. The van der Waals surface area contributed by atoms with Crippen molar-refractivity contribution in [2.75, 3.05) is 20.3 Å². The molecule has 2 unspecified atom stereocenters. The number of phosphoric acid groups is 1. The van der Waals surface area contributed by atoms with Crippen LogP contribution in [0, 0.1) is 0 Å². The maximum Gasteiger partial charge on any atom is 0.472 e. The van der Waals surface area contributed by atoms with Gasteiger partial charge in [0.25, 0.3) is 0 Å². The Morgan fingerprint density at radius 1 is 0.519 bits per heavy atom. The van der Waals surface area contributed by atoms with Crippen molar-refractivity contribution in [3.05, 3.63) is 12.2 Å². The van der Waals surface area contributed by atoms with E-state index in [1.807, 2.05) is 0 Å². The number of rotatable bonds is 41. The Morgan fingerprint density at radius 2 is 0.865 bits per heavy atom. The number of hydrogen-bond donors (Lipinski definition) is 1. The largest absolute Gasteiger partial charge is 0.472 e. The lowest BCUT2D eigenvalue weighted by atomic mass is 10.0. The minimum absolute atomic E-state index is 0.223. The van der Waals surface area contributed by atoms with Crippen molar-refractivity contribution in [1.29, 1.82) is 0 Å². The van der Waals surface area contributed by atoms with Crippen LogP contribution in [0.1, 0.15) is 226 Å². The number of carbonyl (C=O) groups excluding carboxylic acids is 2. The first kappa shape index (κ1) is 50.8. The highest BCUT2D eigenvalue weighted by Crippen LogP contribution is 2.42. The molecule has 308 valence electrons. The summed E-state index contributed by atoms with van der Waals surface area (Å²) in [6.45, 7) is 3.88. The molecular weight excluding hydrogens is 675 g/mol. The molecule has 8 nitrogen and oxygen atoms in total. The van der Waals surface area contributed by atoms with Crippen LogP contribution in [-0.4, -0.2) is 43.3 Å². The zero-order valence-electron chi connectivity index (χ0n) is 34.2. The summed E-state index contributed by atoms with van der Waals surface area (Å²) in [7, 11) is -3.19. The molecule has 0 saturated heterocycles. The molecule has 2 atom stereocenters. The number of phosphoric ester groups is 1. The van der Waals surface area contributed by atoms with Gasteiger partial charge in [0.05, 0.1) is 6.61 Å². The van der Waals surface area contributed by atoms with Crippen LogP contribution in [0.5, 0.6) is 0 Å². The molecule has 0 spiro atoms. The number of unbranched alkanes of at least 4 members (excludes halogenated alkanes) is 28. The van der Waals surface area contributed by atoms with Gasteiger partial charge in [0, 0.05) is 20.0 Å². The Balaban J connectivity index is 3.89. The van der Waals surface area contributed by atoms with Crippen LogP contribution in [0.4, 0.5) is 0 Å². The van der Waals surface area contributed by atoms with Crippen LogP contribution in [0.15, 0.2) is 12.2 Å². The van der Waals surface area contributed by atoms with E-state index in [-0.39, 0.29) is 19.0 Å². The van der Waals surface area contributed by atoms with E-state index in [0.717, 1.165) is 58.5 Å². The van der Waals surface area contributed by atoms with Gasteiger partial charge in [-0.3, -0.25) is 18.6 Å². The van der Waals surface area contributed by atoms with Gasteiger partial charge in [-0.15, -0.1) is 0 Å². The normalized spacial score (nSPS) is 13.4. The fourth-order valence-corrected chi connectivity index (χ4v) is 6.82. The van der Waals surface area contributed by atoms with Crippen molar-refractivity contribution in [2.45, 2.75) is 232 Å². The van der Waals surface area contributed by atoms with Crippen molar-refractivity contribution >= 4 is 19.8 Å².